The smallest absolute Gasteiger partial charge is 0.227 e. The Morgan fingerprint density at radius 2 is 1.96 bits per heavy atom. The molecule has 0 saturated heterocycles. The average molecular weight is 338 g/mol. The molecule has 0 aliphatic heterocycles. The molecule has 0 atom stereocenters. The van der Waals surface area contributed by atoms with Crippen molar-refractivity contribution in [2.24, 2.45) is 11.1 Å². The van der Waals surface area contributed by atoms with E-state index in [1.54, 1.807) is 7.11 Å². The van der Waals surface area contributed by atoms with E-state index in [-0.39, 0.29) is 17.8 Å². The van der Waals surface area contributed by atoms with Crippen LogP contribution in [0.1, 0.15) is 38.0 Å². The number of benzene rings is 1. The Labute approximate surface area is 143 Å². The topological polar surface area (TPSA) is 74.2 Å². The summed E-state index contributed by atoms with van der Waals surface area (Å²) < 4.78 is 10.8. The Kier molecular flexibility index (Phi) is 6.02. The summed E-state index contributed by atoms with van der Waals surface area (Å²) in [4.78, 5) is 4.56. The van der Waals surface area contributed by atoms with Gasteiger partial charge in [0.15, 0.2) is 0 Å². The second-order valence-corrected chi connectivity index (χ2v) is 6.15. The third-order valence-corrected chi connectivity index (χ3v) is 4.69. The van der Waals surface area contributed by atoms with Crippen molar-refractivity contribution in [3.05, 3.63) is 30.2 Å². The predicted octanol–water partition coefficient (Wildman–Crippen LogP) is 3.62. The van der Waals surface area contributed by atoms with Gasteiger partial charge in [-0.1, -0.05) is 36.6 Å². The van der Waals surface area contributed by atoms with E-state index < -0.39 is 0 Å². The quantitative estimate of drug-likeness (QED) is 0.902. The van der Waals surface area contributed by atoms with Gasteiger partial charge in [-0.15, -0.1) is 12.4 Å². The van der Waals surface area contributed by atoms with Crippen LogP contribution in [0, 0.1) is 5.41 Å². The van der Waals surface area contributed by atoms with Crippen LogP contribution in [0.2, 0.25) is 0 Å². The molecule has 1 heterocycles. The van der Waals surface area contributed by atoms with Gasteiger partial charge >= 0.3 is 0 Å². The van der Waals surface area contributed by atoms with Gasteiger partial charge in [-0.3, -0.25) is 0 Å². The minimum Gasteiger partial charge on any atom is -0.496 e. The molecule has 3 rings (SSSR count). The molecule has 126 valence electrons. The van der Waals surface area contributed by atoms with Gasteiger partial charge in [-0.25, -0.2) is 0 Å². The summed E-state index contributed by atoms with van der Waals surface area (Å²) in [6.45, 7) is 0.680. The fraction of sp³-hybridized carbons (Fsp3) is 0.529. The Bertz CT molecular complexity index is 624. The van der Waals surface area contributed by atoms with Gasteiger partial charge in [0.25, 0.3) is 0 Å². The number of rotatable bonds is 5. The largest absolute Gasteiger partial charge is 0.496 e. The average Bonchev–Trinajstić information content (AvgIpc) is 3.03. The molecular weight excluding hydrogens is 314 g/mol. The standard InChI is InChI=1S/C17H23N3O2.ClH/c1-21-14-8-4-3-7-13(14)16-19-15(22-20-16)11-17(12-18)9-5-2-6-10-17;/h3-4,7-8H,2,5-6,9-12,18H2,1H3;1H. The zero-order valence-corrected chi connectivity index (χ0v) is 14.3. The lowest BCUT2D eigenvalue weighted by Crippen LogP contribution is -2.35. The summed E-state index contributed by atoms with van der Waals surface area (Å²) in [5.74, 6) is 2.00. The molecule has 6 heteroatoms. The van der Waals surface area contributed by atoms with Crippen molar-refractivity contribution in [2.45, 2.75) is 38.5 Å². The molecule has 2 N–H and O–H groups in total. The van der Waals surface area contributed by atoms with Gasteiger partial charge < -0.3 is 15.0 Å². The molecule has 1 aliphatic rings. The van der Waals surface area contributed by atoms with Crippen LogP contribution in [-0.2, 0) is 6.42 Å². The molecular formula is C17H24ClN3O2. The zero-order chi connectivity index (χ0) is 15.4. The lowest BCUT2D eigenvalue weighted by atomic mass is 9.72. The Morgan fingerprint density at radius 1 is 1.22 bits per heavy atom. The fourth-order valence-corrected chi connectivity index (χ4v) is 3.34. The Morgan fingerprint density at radius 3 is 2.65 bits per heavy atom. The maximum atomic E-state index is 6.04. The molecule has 1 saturated carbocycles. The van der Waals surface area contributed by atoms with Crippen LogP contribution in [0.3, 0.4) is 0 Å². The monoisotopic (exact) mass is 337 g/mol. The number of hydrogen-bond acceptors (Lipinski definition) is 5. The van der Waals surface area contributed by atoms with Crippen molar-refractivity contribution in [1.82, 2.24) is 10.1 Å². The number of para-hydroxylation sites is 1. The van der Waals surface area contributed by atoms with Crippen molar-refractivity contribution in [2.75, 3.05) is 13.7 Å². The molecule has 1 fully saturated rings. The molecule has 0 spiro atoms. The highest BCUT2D eigenvalue weighted by molar-refractivity contribution is 5.85. The van der Waals surface area contributed by atoms with Gasteiger partial charge in [0.05, 0.1) is 12.7 Å². The number of nitrogens with zero attached hydrogens (tertiary/aromatic N) is 2. The van der Waals surface area contributed by atoms with Gasteiger partial charge in [0, 0.05) is 6.42 Å². The second-order valence-electron chi connectivity index (χ2n) is 6.15. The molecule has 2 aromatic rings. The lowest BCUT2D eigenvalue weighted by molar-refractivity contribution is 0.177. The van der Waals surface area contributed by atoms with E-state index in [4.69, 9.17) is 15.0 Å². The minimum absolute atomic E-state index is 0. The van der Waals surface area contributed by atoms with E-state index in [9.17, 15) is 0 Å². The van der Waals surface area contributed by atoms with Crippen LogP contribution in [0.25, 0.3) is 11.4 Å². The summed E-state index contributed by atoms with van der Waals surface area (Å²) in [6, 6.07) is 7.70. The van der Waals surface area contributed by atoms with E-state index in [2.05, 4.69) is 10.1 Å². The number of hydrogen-bond donors (Lipinski definition) is 1. The van der Waals surface area contributed by atoms with Gasteiger partial charge in [0.1, 0.15) is 5.75 Å². The second kappa shape index (κ2) is 7.79. The first-order chi connectivity index (χ1) is 10.8. The van der Waals surface area contributed by atoms with Crippen molar-refractivity contribution in [3.63, 3.8) is 0 Å². The zero-order valence-electron chi connectivity index (χ0n) is 13.5. The van der Waals surface area contributed by atoms with Crippen LogP contribution in [0.15, 0.2) is 28.8 Å². The number of nitrogens with two attached hydrogens (primary N) is 1. The van der Waals surface area contributed by atoms with Crippen molar-refractivity contribution in [3.8, 4) is 17.1 Å². The number of halogens is 1. The van der Waals surface area contributed by atoms with Crippen LogP contribution >= 0.6 is 12.4 Å². The highest BCUT2D eigenvalue weighted by Crippen LogP contribution is 2.38. The summed E-state index contributed by atoms with van der Waals surface area (Å²) in [5.41, 5.74) is 7.02. The fourth-order valence-electron chi connectivity index (χ4n) is 3.34. The normalized spacial score (nSPS) is 16.6. The molecule has 1 aromatic heterocycles. The van der Waals surface area contributed by atoms with E-state index in [0.717, 1.165) is 30.6 Å². The van der Waals surface area contributed by atoms with E-state index in [1.165, 1.54) is 19.3 Å². The molecule has 0 unspecified atom stereocenters. The summed E-state index contributed by atoms with van der Waals surface area (Å²) in [6.07, 6.45) is 6.85. The third kappa shape index (κ3) is 3.85. The SMILES string of the molecule is COc1ccccc1-c1noc(CC2(CN)CCCCC2)n1.Cl. The number of ether oxygens (including phenoxy) is 1. The Hall–Kier alpha value is -1.59. The molecule has 1 aliphatic carbocycles. The first kappa shape index (κ1) is 17.8. The number of aromatic nitrogens is 2. The summed E-state index contributed by atoms with van der Waals surface area (Å²) in [7, 11) is 1.64. The van der Waals surface area contributed by atoms with Crippen molar-refractivity contribution in [1.29, 1.82) is 0 Å². The predicted molar refractivity (Wildman–Crippen MR) is 91.8 cm³/mol. The van der Waals surface area contributed by atoms with Crippen LogP contribution in [-0.4, -0.2) is 23.8 Å². The molecule has 5 nitrogen and oxygen atoms in total. The summed E-state index contributed by atoms with van der Waals surface area (Å²) >= 11 is 0. The Balaban J connectivity index is 0.00000192. The van der Waals surface area contributed by atoms with E-state index >= 15 is 0 Å². The lowest BCUT2D eigenvalue weighted by Gasteiger charge is -2.34. The van der Waals surface area contributed by atoms with Gasteiger partial charge in [-0.05, 0) is 36.9 Å². The van der Waals surface area contributed by atoms with Crippen LogP contribution in [0.4, 0.5) is 0 Å². The first-order valence-corrected chi connectivity index (χ1v) is 7.92. The highest BCUT2D eigenvalue weighted by Gasteiger charge is 2.33. The van der Waals surface area contributed by atoms with Gasteiger partial charge in [-0.2, -0.15) is 4.98 Å². The van der Waals surface area contributed by atoms with Crippen molar-refractivity contribution >= 4 is 12.4 Å². The van der Waals surface area contributed by atoms with Gasteiger partial charge in [0.2, 0.25) is 11.7 Å². The van der Waals surface area contributed by atoms with Crippen LogP contribution in [0.5, 0.6) is 5.75 Å². The maximum absolute atomic E-state index is 6.04. The highest BCUT2D eigenvalue weighted by atomic mass is 35.5. The first-order valence-electron chi connectivity index (χ1n) is 7.92. The van der Waals surface area contributed by atoms with Crippen molar-refractivity contribution < 1.29 is 9.26 Å². The minimum atomic E-state index is 0. The third-order valence-electron chi connectivity index (χ3n) is 4.69. The molecule has 0 amide bonds. The molecule has 0 bridgehead atoms. The number of methoxy groups -OCH3 is 1. The summed E-state index contributed by atoms with van der Waals surface area (Å²) in [5, 5.41) is 4.12. The molecule has 23 heavy (non-hydrogen) atoms. The maximum Gasteiger partial charge on any atom is 0.227 e. The van der Waals surface area contributed by atoms with Crippen LogP contribution < -0.4 is 10.5 Å². The van der Waals surface area contributed by atoms with E-state index in [1.807, 2.05) is 24.3 Å². The molecule has 0 radical (unpaired) electrons. The molecule has 1 aromatic carbocycles. The van der Waals surface area contributed by atoms with E-state index in [0.29, 0.717) is 18.3 Å².